The lowest BCUT2D eigenvalue weighted by Crippen LogP contribution is -2.32. The summed E-state index contributed by atoms with van der Waals surface area (Å²) in [6.07, 6.45) is 2.07. The first-order valence-electron chi connectivity index (χ1n) is 6.31. The number of anilines is 1. The molecule has 7 heteroatoms. The Morgan fingerprint density at radius 2 is 2.25 bits per heavy atom. The second-order valence-electron chi connectivity index (χ2n) is 4.80. The summed E-state index contributed by atoms with van der Waals surface area (Å²) in [6, 6.07) is 4.69. The molecule has 1 aliphatic rings. The zero-order valence-electron chi connectivity index (χ0n) is 11.1. The van der Waals surface area contributed by atoms with Gasteiger partial charge < -0.3 is 14.7 Å². The first-order valence-corrected chi connectivity index (χ1v) is 6.31. The number of nitrogens with zero attached hydrogens (tertiary/aromatic N) is 2. The van der Waals surface area contributed by atoms with E-state index in [-0.39, 0.29) is 18.0 Å². The Hall–Kier alpha value is -2.31. The summed E-state index contributed by atoms with van der Waals surface area (Å²) >= 11 is 0. The number of hydrogen-bond donors (Lipinski definition) is 1. The molecule has 0 amide bonds. The fourth-order valence-electron chi connectivity index (χ4n) is 2.14. The van der Waals surface area contributed by atoms with E-state index in [1.807, 2.05) is 0 Å². The van der Waals surface area contributed by atoms with E-state index in [1.165, 1.54) is 13.2 Å². The van der Waals surface area contributed by atoms with Crippen LogP contribution in [-0.2, 0) is 4.79 Å². The van der Waals surface area contributed by atoms with Gasteiger partial charge in [-0.25, -0.2) is 0 Å². The lowest BCUT2D eigenvalue weighted by molar-refractivity contribution is -0.385. The first-order chi connectivity index (χ1) is 9.52. The van der Waals surface area contributed by atoms with Crippen molar-refractivity contribution in [2.75, 3.05) is 25.1 Å². The minimum absolute atomic E-state index is 0.138. The minimum Gasteiger partial charge on any atom is -0.490 e. The Balaban J connectivity index is 2.39. The highest BCUT2D eigenvalue weighted by Gasteiger charge is 2.30. The lowest BCUT2D eigenvalue weighted by Gasteiger charge is -2.23. The number of hydrogen-bond acceptors (Lipinski definition) is 5. The number of nitro groups is 1. The maximum Gasteiger partial charge on any atom is 0.333 e. The van der Waals surface area contributed by atoms with Gasteiger partial charge >= 0.3 is 11.7 Å². The predicted molar refractivity (Wildman–Crippen MR) is 72.2 cm³/mol. The number of para-hydroxylation sites is 1. The number of carboxylic acid groups (broad SMARTS) is 1. The average molecular weight is 280 g/mol. The van der Waals surface area contributed by atoms with Gasteiger partial charge in [-0.3, -0.25) is 14.9 Å². The molecule has 0 heterocycles. The van der Waals surface area contributed by atoms with Crippen molar-refractivity contribution in [1.82, 2.24) is 0 Å². The molecule has 1 fully saturated rings. The first kappa shape index (κ1) is 14.1. The normalized spacial score (nSPS) is 13.8. The van der Waals surface area contributed by atoms with Crippen molar-refractivity contribution in [3.63, 3.8) is 0 Å². The summed E-state index contributed by atoms with van der Waals surface area (Å²) in [5, 5.41) is 20.2. The number of rotatable bonds is 7. The molecule has 0 spiro atoms. The van der Waals surface area contributed by atoms with Gasteiger partial charge in [0.15, 0.2) is 5.75 Å². The topological polar surface area (TPSA) is 92.9 Å². The summed E-state index contributed by atoms with van der Waals surface area (Å²) in [5.41, 5.74) is 0.112. The van der Waals surface area contributed by atoms with Crippen molar-refractivity contribution in [3.8, 4) is 5.75 Å². The van der Waals surface area contributed by atoms with Crippen molar-refractivity contribution < 1.29 is 19.6 Å². The molecule has 108 valence electrons. The second kappa shape index (κ2) is 5.77. The Labute approximate surface area is 115 Å². The molecule has 0 aliphatic heterocycles. The molecule has 0 aromatic heterocycles. The van der Waals surface area contributed by atoms with Crippen LogP contribution < -0.4 is 9.64 Å². The van der Waals surface area contributed by atoms with Crippen LogP contribution in [0.25, 0.3) is 0 Å². The molecule has 2 rings (SSSR count). The zero-order valence-corrected chi connectivity index (χ0v) is 11.1. The van der Waals surface area contributed by atoms with Crippen LogP contribution in [0.4, 0.5) is 11.4 Å². The van der Waals surface area contributed by atoms with E-state index in [0.717, 1.165) is 12.8 Å². The van der Waals surface area contributed by atoms with Gasteiger partial charge in [0.25, 0.3) is 0 Å². The molecule has 7 nitrogen and oxygen atoms in total. The van der Waals surface area contributed by atoms with E-state index in [4.69, 9.17) is 9.84 Å². The van der Waals surface area contributed by atoms with E-state index < -0.39 is 10.9 Å². The number of nitro benzene ring substituents is 1. The molecular formula is C13H16N2O5. The molecule has 0 atom stereocenters. The Kier molecular flexibility index (Phi) is 4.07. The Morgan fingerprint density at radius 1 is 1.55 bits per heavy atom. The quantitative estimate of drug-likeness (QED) is 0.605. The molecule has 1 aliphatic carbocycles. The smallest absolute Gasteiger partial charge is 0.333 e. The molecule has 1 saturated carbocycles. The van der Waals surface area contributed by atoms with E-state index in [0.29, 0.717) is 18.2 Å². The van der Waals surface area contributed by atoms with E-state index >= 15 is 0 Å². The fourth-order valence-corrected chi connectivity index (χ4v) is 2.14. The fraction of sp³-hybridized carbons (Fsp3) is 0.462. The van der Waals surface area contributed by atoms with Gasteiger partial charge in [-0.05, 0) is 30.9 Å². The number of benzene rings is 1. The summed E-state index contributed by atoms with van der Waals surface area (Å²) in [7, 11) is 1.36. The van der Waals surface area contributed by atoms with Crippen molar-refractivity contribution in [2.45, 2.75) is 12.8 Å². The van der Waals surface area contributed by atoms with Crippen molar-refractivity contribution in [2.24, 2.45) is 5.92 Å². The van der Waals surface area contributed by atoms with Crippen LogP contribution in [0.15, 0.2) is 18.2 Å². The van der Waals surface area contributed by atoms with Gasteiger partial charge in [-0.1, -0.05) is 6.07 Å². The summed E-state index contributed by atoms with van der Waals surface area (Å²) in [4.78, 5) is 23.2. The minimum atomic E-state index is -1.01. The van der Waals surface area contributed by atoms with Crippen LogP contribution in [0.1, 0.15) is 12.8 Å². The number of carbonyl (C=O) groups is 1. The van der Waals surface area contributed by atoms with Crippen LogP contribution in [0.2, 0.25) is 0 Å². The van der Waals surface area contributed by atoms with Crippen LogP contribution in [0, 0.1) is 16.0 Å². The Morgan fingerprint density at radius 3 is 2.75 bits per heavy atom. The van der Waals surface area contributed by atoms with E-state index in [1.54, 1.807) is 17.0 Å². The molecule has 0 radical (unpaired) electrons. The van der Waals surface area contributed by atoms with Crippen molar-refractivity contribution in [3.05, 3.63) is 28.3 Å². The predicted octanol–water partition coefficient (Wildman–Crippen LogP) is 1.90. The van der Waals surface area contributed by atoms with Gasteiger partial charge in [0.1, 0.15) is 12.2 Å². The number of methoxy groups -OCH3 is 1. The van der Waals surface area contributed by atoms with Crippen LogP contribution in [-0.4, -0.2) is 36.2 Å². The number of ether oxygens (including phenoxy) is 1. The van der Waals surface area contributed by atoms with Gasteiger partial charge in [0, 0.05) is 6.54 Å². The standard InChI is InChI=1S/C13H16N2O5/c1-20-11-4-2-3-10(13(11)15(18)19)14(8-12(16)17)7-9-5-6-9/h2-4,9H,5-8H2,1H3,(H,16,17). The summed E-state index contributed by atoms with van der Waals surface area (Å²) < 4.78 is 5.01. The molecule has 20 heavy (non-hydrogen) atoms. The molecular weight excluding hydrogens is 264 g/mol. The highest BCUT2D eigenvalue weighted by molar-refractivity contribution is 5.78. The van der Waals surface area contributed by atoms with Gasteiger partial charge in [0.05, 0.1) is 12.0 Å². The van der Waals surface area contributed by atoms with Crippen molar-refractivity contribution in [1.29, 1.82) is 0 Å². The van der Waals surface area contributed by atoms with E-state index in [9.17, 15) is 14.9 Å². The SMILES string of the molecule is COc1cccc(N(CC(=O)O)CC2CC2)c1[N+](=O)[O-]. The summed E-state index contributed by atoms with van der Waals surface area (Å²) in [6.45, 7) is 0.255. The molecule has 0 unspecified atom stereocenters. The molecule has 0 saturated heterocycles. The van der Waals surface area contributed by atoms with Gasteiger partial charge in [-0.2, -0.15) is 0 Å². The largest absolute Gasteiger partial charge is 0.490 e. The van der Waals surface area contributed by atoms with Crippen LogP contribution in [0.3, 0.4) is 0 Å². The van der Waals surface area contributed by atoms with Gasteiger partial charge in [0.2, 0.25) is 0 Å². The number of carboxylic acids is 1. The summed E-state index contributed by atoms with van der Waals surface area (Å²) in [5.74, 6) is -0.457. The third-order valence-electron chi connectivity index (χ3n) is 3.22. The van der Waals surface area contributed by atoms with E-state index in [2.05, 4.69) is 0 Å². The highest BCUT2D eigenvalue weighted by Crippen LogP contribution is 2.39. The Bertz CT molecular complexity index is 527. The average Bonchev–Trinajstić information content (AvgIpc) is 3.20. The molecule has 1 aromatic carbocycles. The van der Waals surface area contributed by atoms with Crippen molar-refractivity contribution >= 4 is 17.3 Å². The number of aliphatic carboxylic acids is 1. The molecule has 0 bridgehead atoms. The monoisotopic (exact) mass is 280 g/mol. The molecule has 1 aromatic rings. The zero-order chi connectivity index (χ0) is 14.7. The maximum absolute atomic E-state index is 11.2. The second-order valence-corrected chi connectivity index (χ2v) is 4.80. The van der Waals surface area contributed by atoms with Gasteiger partial charge in [-0.15, -0.1) is 0 Å². The highest BCUT2D eigenvalue weighted by atomic mass is 16.6. The lowest BCUT2D eigenvalue weighted by atomic mass is 10.2. The van der Waals surface area contributed by atoms with Crippen LogP contribution in [0.5, 0.6) is 5.75 Å². The van der Waals surface area contributed by atoms with Crippen LogP contribution >= 0.6 is 0 Å². The third kappa shape index (κ3) is 3.17. The third-order valence-corrected chi connectivity index (χ3v) is 3.22. The molecule has 1 N–H and O–H groups in total. The maximum atomic E-state index is 11.2.